The molecule has 3 heterocycles. The van der Waals surface area contributed by atoms with Crippen LogP contribution in [0.4, 0.5) is 8.78 Å². The lowest BCUT2D eigenvalue weighted by atomic mass is 10.0. The number of alkyl halides is 2. The van der Waals surface area contributed by atoms with E-state index in [0.29, 0.717) is 17.3 Å². The fourth-order valence-corrected chi connectivity index (χ4v) is 4.99. The van der Waals surface area contributed by atoms with Gasteiger partial charge in [0.05, 0.1) is 11.1 Å². The fourth-order valence-electron chi connectivity index (χ4n) is 3.25. The summed E-state index contributed by atoms with van der Waals surface area (Å²) in [5.74, 6) is 0.253. The lowest BCUT2D eigenvalue weighted by molar-refractivity contribution is 0.402. The summed E-state index contributed by atoms with van der Waals surface area (Å²) in [6, 6.07) is 2.01. The van der Waals surface area contributed by atoms with Crippen LogP contribution in [0.2, 0.25) is 5.15 Å². The predicted molar refractivity (Wildman–Crippen MR) is 121 cm³/mol. The minimum Gasteiger partial charge on any atom is -0.313 e. The molecule has 4 rings (SSSR count). The number of thioether (sulfide) groups is 1. The van der Waals surface area contributed by atoms with E-state index < -0.39 is 18.9 Å². The highest BCUT2D eigenvalue weighted by Crippen LogP contribution is 2.40. The topological polar surface area (TPSA) is 89.1 Å². The van der Waals surface area contributed by atoms with E-state index >= 15 is 0 Å². The number of rotatable bonds is 7. The third kappa shape index (κ3) is 4.43. The van der Waals surface area contributed by atoms with Crippen molar-refractivity contribution in [2.45, 2.75) is 29.7 Å². The second kappa shape index (κ2) is 8.96. The third-order valence-electron chi connectivity index (χ3n) is 5.12. The van der Waals surface area contributed by atoms with Crippen molar-refractivity contribution in [2.24, 2.45) is 0 Å². The maximum atomic E-state index is 13.3. The number of hydrogen-bond donors (Lipinski definition) is 4. The van der Waals surface area contributed by atoms with Crippen LogP contribution in [0.3, 0.4) is 0 Å². The summed E-state index contributed by atoms with van der Waals surface area (Å²) in [6.45, 7) is 0.239. The summed E-state index contributed by atoms with van der Waals surface area (Å²) in [5.41, 5.74) is 2.25. The molecule has 160 valence electrons. The first-order valence-corrected chi connectivity index (χ1v) is 11.5. The largest absolute Gasteiger partial charge is 0.313 e. The molecule has 0 amide bonds. The smallest absolute Gasteiger partial charge is 0.171 e. The van der Waals surface area contributed by atoms with E-state index in [1.807, 2.05) is 6.07 Å². The highest BCUT2D eigenvalue weighted by Gasteiger charge is 2.43. The van der Waals surface area contributed by atoms with Crippen LogP contribution in [-0.4, -0.2) is 51.4 Å². The molecule has 2 aliphatic rings. The fraction of sp³-hybridized carbons (Fsp3) is 0.421. The molecular weight excluding hydrogens is 450 g/mol. The Labute approximate surface area is 186 Å². The Morgan fingerprint density at radius 2 is 2.17 bits per heavy atom. The van der Waals surface area contributed by atoms with Crippen LogP contribution in [-0.2, 0) is 0 Å². The number of aromatic nitrogens is 2. The second-order valence-electron chi connectivity index (χ2n) is 7.32. The molecule has 6 nitrogen and oxygen atoms in total. The molecule has 1 saturated carbocycles. The van der Waals surface area contributed by atoms with Gasteiger partial charge in [0, 0.05) is 23.2 Å². The molecule has 0 atom stereocenters. The van der Waals surface area contributed by atoms with Crippen LogP contribution in [0.5, 0.6) is 0 Å². The van der Waals surface area contributed by atoms with E-state index in [9.17, 15) is 8.78 Å². The summed E-state index contributed by atoms with van der Waals surface area (Å²) in [4.78, 5) is 5.18. The molecule has 2 aromatic heterocycles. The number of imidazole rings is 1. The van der Waals surface area contributed by atoms with Gasteiger partial charge in [-0.05, 0) is 61.2 Å². The average molecular weight is 471 g/mol. The van der Waals surface area contributed by atoms with Crippen molar-refractivity contribution < 1.29 is 8.78 Å². The Morgan fingerprint density at radius 3 is 2.80 bits per heavy atom. The molecule has 0 radical (unpaired) electrons. The minimum atomic E-state index is -0.939. The van der Waals surface area contributed by atoms with E-state index in [1.165, 1.54) is 11.9 Å². The number of halogens is 3. The molecule has 0 bridgehead atoms. The summed E-state index contributed by atoms with van der Waals surface area (Å²) in [5, 5.41) is 19.1. The molecule has 1 fully saturated rings. The van der Waals surface area contributed by atoms with Crippen molar-refractivity contribution in [3.63, 3.8) is 0 Å². The van der Waals surface area contributed by atoms with E-state index in [-0.39, 0.29) is 21.1 Å². The Hall–Kier alpha value is -1.46. The third-order valence-corrected chi connectivity index (χ3v) is 7.12. The lowest BCUT2D eigenvalue weighted by Crippen LogP contribution is -2.27. The first-order valence-electron chi connectivity index (χ1n) is 9.48. The van der Waals surface area contributed by atoms with Crippen LogP contribution < -0.4 is 10.0 Å². The quantitative estimate of drug-likeness (QED) is 0.272. The molecule has 1 aliphatic carbocycles. The van der Waals surface area contributed by atoms with Gasteiger partial charge in [-0.25, -0.2) is 13.8 Å². The van der Waals surface area contributed by atoms with Crippen LogP contribution >= 0.6 is 35.3 Å². The van der Waals surface area contributed by atoms with Gasteiger partial charge in [-0.1, -0.05) is 17.7 Å². The van der Waals surface area contributed by atoms with E-state index in [1.54, 1.807) is 10.6 Å². The van der Waals surface area contributed by atoms with Gasteiger partial charge >= 0.3 is 0 Å². The maximum Gasteiger partial charge on any atom is 0.171 e. The zero-order valence-electron chi connectivity index (χ0n) is 16.0. The Morgan fingerprint density at radius 1 is 1.37 bits per heavy atom. The Bertz CT molecular complexity index is 1030. The molecule has 4 N–H and O–H groups in total. The van der Waals surface area contributed by atoms with Crippen molar-refractivity contribution >= 4 is 56.5 Å². The number of nitrogens with zero attached hydrogens (tertiary/aromatic N) is 2. The molecule has 0 aromatic carbocycles. The average Bonchev–Trinajstić information content (AvgIpc) is 3.48. The summed E-state index contributed by atoms with van der Waals surface area (Å²) in [7, 11) is 0. The zero-order valence-corrected chi connectivity index (χ0v) is 18.4. The van der Waals surface area contributed by atoms with Gasteiger partial charge in [0.2, 0.25) is 0 Å². The van der Waals surface area contributed by atoms with Crippen molar-refractivity contribution in [3.8, 4) is 0 Å². The van der Waals surface area contributed by atoms with Gasteiger partial charge in [-0.3, -0.25) is 19.9 Å². The van der Waals surface area contributed by atoms with Crippen LogP contribution in [0.25, 0.3) is 11.1 Å². The standard InChI is InChI=1S/C19H21ClF2N6S2/c20-16-15-13(11-1-5-25-6-2-11)7-12(30-27-19(10-22)3-4-19)9-28(15)18(26-16)17(24)29-14(23)8-21/h1,7,9,23-25,27H,2-6,8,10H2. The summed E-state index contributed by atoms with van der Waals surface area (Å²) < 4.78 is 31.0. The van der Waals surface area contributed by atoms with Gasteiger partial charge in [0.15, 0.2) is 11.0 Å². The van der Waals surface area contributed by atoms with E-state index in [2.05, 4.69) is 21.1 Å². The normalized spacial score (nSPS) is 17.8. The number of pyridine rings is 1. The molecule has 30 heavy (non-hydrogen) atoms. The highest BCUT2D eigenvalue weighted by atomic mass is 35.5. The first-order chi connectivity index (χ1) is 14.5. The van der Waals surface area contributed by atoms with Crippen LogP contribution in [0, 0.1) is 10.8 Å². The van der Waals surface area contributed by atoms with Gasteiger partial charge in [-0.15, -0.1) is 0 Å². The molecule has 11 heteroatoms. The predicted octanol–water partition coefficient (Wildman–Crippen LogP) is 4.47. The van der Waals surface area contributed by atoms with Gasteiger partial charge in [0.1, 0.15) is 23.4 Å². The zero-order chi connectivity index (χ0) is 21.3. The molecule has 0 spiro atoms. The molecule has 1 aliphatic heterocycles. The van der Waals surface area contributed by atoms with E-state index in [4.69, 9.17) is 22.4 Å². The van der Waals surface area contributed by atoms with E-state index in [0.717, 1.165) is 48.4 Å². The lowest BCUT2D eigenvalue weighted by Gasteiger charge is -2.18. The first kappa shape index (κ1) is 21.8. The van der Waals surface area contributed by atoms with Gasteiger partial charge in [0.25, 0.3) is 0 Å². The molecule has 0 unspecified atom stereocenters. The van der Waals surface area contributed by atoms with Gasteiger partial charge in [-0.2, -0.15) is 0 Å². The number of fused-ring (bicyclic) bond motifs is 1. The monoisotopic (exact) mass is 470 g/mol. The van der Waals surface area contributed by atoms with Crippen molar-refractivity contribution in [2.75, 3.05) is 26.4 Å². The minimum absolute atomic E-state index is 0.0534. The maximum absolute atomic E-state index is 13.3. The molecule has 2 aromatic rings. The Kier molecular flexibility index (Phi) is 6.50. The Balaban J connectivity index is 1.78. The van der Waals surface area contributed by atoms with Gasteiger partial charge < -0.3 is 5.32 Å². The van der Waals surface area contributed by atoms with Crippen molar-refractivity contribution in [3.05, 3.63) is 34.9 Å². The summed E-state index contributed by atoms with van der Waals surface area (Å²) in [6.07, 6.45) is 6.33. The van der Waals surface area contributed by atoms with Crippen molar-refractivity contribution in [1.29, 1.82) is 10.8 Å². The number of hydrogen-bond acceptors (Lipinski definition) is 7. The van der Waals surface area contributed by atoms with Crippen molar-refractivity contribution in [1.82, 2.24) is 19.4 Å². The van der Waals surface area contributed by atoms with Crippen LogP contribution in [0.15, 0.2) is 23.2 Å². The second-order valence-corrected chi connectivity index (χ2v) is 9.67. The SMILES string of the molecule is N=C(CF)SC(=N)c1nc(Cl)c2c(C3=CCNCC3)cc(SNC3(CF)CC3)cn12. The number of nitrogens with one attached hydrogen (secondary N) is 4. The summed E-state index contributed by atoms with van der Waals surface area (Å²) >= 11 is 8.53. The van der Waals surface area contributed by atoms with Crippen LogP contribution in [0.1, 0.15) is 30.7 Å². The molecule has 0 saturated heterocycles. The highest BCUT2D eigenvalue weighted by molar-refractivity contribution is 8.26. The molecular formula is C19H21ClF2N6S2.